The largest absolute Gasteiger partial charge is 0.464 e. The maximum Gasteiger partial charge on any atom is 0.323 e. The van der Waals surface area contributed by atoms with Gasteiger partial charge >= 0.3 is 6.01 Å². The van der Waals surface area contributed by atoms with E-state index < -0.39 is 0 Å². The van der Waals surface area contributed by atoms with Crippen LogP contribution in [0.15, 0.2) is 12.3 Å². The molecule has 9 heteroatoms. The van der Waals surface area contributed by atoms with E-state index in [4.69, 9.17) is 10.6 Å². The van der Waals surface area contributed by atoms with E-state index in [9.17, 15) is 0 Å². The molecule has 102 valence electrons. The molecule has 0 bridgehead atoms. The number of ether oxygens (including phenoxy) is 1. The van der Waals surface area contributed by atoms with Gasteiger partial charge in [0.2, 0.25) is 11.9 Å². The molecule has 0 atom stereocenters. The number of anilines is 2. The quantitative estimate of drug-likeness (QED) is 0.489. The van der Waals surface area contributed by atoms with Crippen LogP contribution in [-0.4, -0.2) is 31.3 Å². The Labute approximate surface area is 110 Å². The highest BCUT2D eigenvalue weighted by molar-refractivity contribution is 5.35. The zero-order valence-corrected chi connectivity index (χ0v) is 10.8. The SMILES string of the molecule is CCOc1nc(NN)nc(NCc2ccnn2C)n1. The van der Waals surface area contributed by atoms with Gasteiger partial charge in [0, 0.05) is 13.2 Å². The van der Waals surface area contributed by atoms with Crippen LogP contribution < -0.4 is 21.3 Å². The number of nitrogens with two attached hydrogens (primary N) is 1. The predicted molar refractivity (Wildman–Crippen MR) is 69.3 cm³/mol. The van der Waals surface area contributed by atoms with Crippen LogP contribution in [0.4, 0.5) is 11.9 Å². The Morgan fingerprint density at radius 1 is 1.32 bits per heavy atom. The molecule has 2 aromatic heterocycles. The van der Waals surface area contributed by atoms with Gasteiger partial charge in [0.1, 0.15) is 0 Å². The molecule has 0 aliphatic carbocycles. The van der Waals surface area contributed by atoms with E-state index in [-0.39, 0.29) is 12.0 Å². The number of aromatic nitrogens is 5. The van der Waals surface area contributed by atoms with Gasteiger partial charge in [0.25, 0.3) is 0 Å². The first-order chi connectivity index (χ1) is 9.22. The lowest BCUT2D eigenvalue weighted by Crippen LogP contribution is -2.15. The summed E-state index contributed by atoms with van der Waals surface area (Å²) in [5.74, 6) is 5.92. The summed E-state index contributed by atoms with van der Waals surface area (Å²) in [5, 5.41) is 7.14. The van der Waals surface area contributed by atoms with Crippen molar-refractivity contribution in [1.82, 2.24) is 24.7 Å². The van der Waals surface area contributed by atoms with Crippen molar-refractivity contribution in [2.75, 3.05) is 17.3 Å². The van der Waals surface area contributed by atoms with E-state index in [2.05, 4.69) is 30.8 Å². The molecule has 0 aromatic carbocycles. The van der Waals surface area contributed by atoms with Gasteiger partial charge in [-0.3, -0.25) is 10.1 Å². The predicted octanol–water partition coefficient (Wildman–Crippen LogP) is -0.0985. The minimum atomic E-state index is 0.220. The first-order valence-corrected chi connectivity index (χ1v) is 5.79. The Morgan fingerprint density at radius 3 is 2.74 bits per heavy atom. The van der Waals surface area contributed by atoms with E-state index in [1.165, 1.54) is 0 Å². The number of aryl methyl sites for hydroxylation is 1. The highest BCUT2D eigenvalue weighted by Crippen LogP contribution is 2.11. The van der Waals surface area contributed by atoms with Gasteiger partial charge in [-0.2, -0.15) is 20.1 Å². The van der Waals surface area contributed by atoms with Crippen LogP contribution in [0.2, 0.25) is 0 Å². The van der Waals surface area contributed by atoms with Crippen LogP contribution in [0.1, 0.15) is 12.6 Å². The molecule has 0 saturated heterocycles. The molecular weight excluding hydrogens is 248 g/mol. The number of hydrogen-bond donors (Lipinski definition) is 3. The number of nitrogen functional groups attached to an aromatic ring is 1. The zero-order chi connectivity index (χ0) is 13.7. The molecule has 0 unspecified atom stereocenters. The molecule has 0 saturated carbocycles. The highest BCUT2D eigenvalue weighted by Gasteiger charge is 2.07. The molecule has 19 heavy (non-hydrogen) atoms. The zero-order valence-electron chi connectivity index (χ0n) is 10.8. The van der Waals surface area contributed by atoms with E-state index >= 15 is 0 Å². The van der Waals surface area contributed by atoms with Gasteiger partial charge < -0.3 is 10.1 Å². The van der Waals surface area contributed by atoms with E-state index in [1.807, 2.05) is 20.0 Å². The second-order valence-electron chi connectivity index (χ2n) is 3.64. The average molecular weight is 264 g/mol. The summed E-state index contributed by atoms with van der Waals surface area (Å²) < 4.78 is 7.00. The Kier molecular flexibility index (Phi) is 4.08. The molecule has 0 amide bonds. The average Bonchev–Trinajstić information content (AvgIpc) is 2.82. The first-order valence-electron chi connectivity index (χ1n) is 5.79. The monoisotopic (exact) mass is 264 g/mol. The fraction of sp³-hybridized carbons (Fsp3) is 0.400. The fourth-order valence-electron chi connectivity index (χ4n) is 1.44. The molecule has 4 N–H and O–H groups in total. The van der Waals surface area contributed by atoms with Crippen LogP contribution in [0, 0.1) is 0 Å². The lowest BCUT2D eigenvalue weighted by Gasteiger charge is -2.08. The van der Waals surface area contributed by atoms with Crippen molar-refractivity contribution in [2.45, 2.75) is 13.5 Å². The lowest BCUT2D eigenvalue weighted by molar-refractivity contribution is 0.312. The Morgan fingerprint density at radius 2 is 2.11 bits per heavy atom. The minimum absolute atomic E-state index is 0.220. The van der Waals surface area contributed by atoms with Gasteiger partial charge in [-0.15, -0.1) is 0 Å². The second kappa shape index (κ2) is 5.96. The summed E-state index contributed by atoms with van der Waals surface area (Å²) in [5.41, 5.74) is 3.37. The first kappa shape index (κ1) is 13.0. The van der Waals surface area contributed by atoms with Crippen molar-refractivity contribution in [3.05, 3.63) is 18.0 Å². The number of rotatable bonds is 6. The molecule has 0 aliphatic heterocycles. The van der Waals surface area contributed by atoms with Gasteiger partial charge in [-0.25, -0.2) is 5.84 Å². The van der Waals surface area contributed by atoms with Gasteiger partial charge in [0.05, 0.1) is 18.8 Å². The smallest absolute Gasteiger partial charge is 0.323 e. The standard InChI is InChI=1S/C10H16N8O/c1-3-19-10-15-8(14-9(16-10)17-11)12-6-7-4-5-13-18(7)2/h4-5H,3,6,11H2,1-2H3,(H2,12,14,15,16,17). The van der Waals surface area contributed by atoms with Crippen LogP contribution in [0.3, 0.4) is 0 Å². The summed E-state index contributed by atoms with van der Waals surface area (Å²) in [6, 6.07) is 2.12. The molecule has 0 radical (unpaired) electrons. The Bertz CT molecular complexity index is 540. The van der Waals surface area contributed by atoms with Crippen molar-refractivity contribution < 1.29 is 4.74 Å². The molecule has 0 fully saturated rings. The number of nitrogens with one attached hydrogen (secondary N) is 2. The van der Waals surface area contributed by atoms with Gasteiger partial charge in [-0.1, -0.05) is 0 Å². The third kappa shape index (κ3) is 3.28. The third-order valence-corrected chi connectivity index (χ3v) is 2.37. The third-order valence-electron chi connectivity index (χ3n) is 2.37. The molecular formula is C10H16N8O. The summed E-state index contributed by atoms with van der Waals surface area (Å²) in [7, 11) is 1.86. The van der Waals surface area contributed by atoms with Crippen LogP contribution >= 0.6 is 0 Å². The van der Waals surface area contributed by atoms with E-state index in [0.717, 1.165) is 5.69 Å². The van der Waals surface area contributed by atoms with Crippen molar-refractivity contribution >= 4 is 11.9 Å². The minimum Gasteiger partial charge on any atom is -0.464 e. The maximum atomic E-state index is 5.30. The van der Waals surface area contributed by atoms with Crippen LogP contribution in [0.5, 0.6) is 6.01 Å². The Hall–Kier alpha value is -2.42. The number of hydrogen-bond acceptors (Lipinski definition) is 8. The number of hydrazine groups is 1. The second-order valence-corrected chi connectivity index (χ2v) is 3.64. The van der Waals surface area contributed by atoms with Gasteiger partial charge in [0.15, 0.2) is 0 Å². The fourth-order valence-corrected chi connectivity index (χ4v) is 1.44. The van der Waals surface area contributed by atoms with Crippen molar-refractivity contribution in [3.8, 4) is 6.01 Å². The normalized spacial score (nSPS) is 10.3. The molecule has 2 heterocycles. The van der Waals surface area contributed by atoms with Crippen LogP contribution in [0.25, 0.3) is 0 Å². The Balaban J connectivity index is 2.10. The summed E-state index contributed by atoms with van der Waals surface area (Å²) in [6.45, 7) is 2.85. The van der Waals surface area contributed by atoms with Crippen molar-refractivity contribution in [3.63, 3.8) is 0 Å². The van der Waals surface area contributed by atoms with E-state index in [1.54, 1.807) is 10.9 Å². The number of nitrogens with zero attached hydrogens (tertiary/aromatic N) is 5. The maximum absolute atomic E-state index is 5.30. The van der Waals surface area contributed by atoms with Crippen molar-refractivity contribution in [2.24, 2.45) is 12.9 Å². The molecule has 2 rings (SSSR count). The van der Waals surface area contributed by atoms with Gasteiger partial charge in [-0.05, 0) is 13.0 Å². The summed E-state index contributed by atoms with van der Waals surface area (Å²) in [6.07, 6.45) is 1.73. The lowest BCUT2D eigenvalue weighted by atomic mass is 10.4. The highest BCUT2D eigenvalue weighted by atomic mass is 16.5. The van der Waals surface area contributed by atoms with Crippen molar-refractivity contribution in [1.29, 1.82) is 0 Å². The molecule has 2 aromatic rings. The summed E-state index contributed by atoms with van der Waals surface area (Å²) >= 11 is 0. The topological polar surface area (TPSA) is 116 Å². The summed E-state index contributed by atoms with van der Waals surface area (Å²) in [4.78, 5) is 12.2. The molecule has 9 nitrogen and oxygen atoms in total. The van der Waals surface area contributed by atoms with E-state index in [0.29, 0.717) is 19.1 Å². The molecule has 0 aliphatic rings. The van der Waals surface area contributed by atoms with Crippen LogP contribution in [-0.2, 0) is 13.6 Å². The molecule has 0 spiro atoms.